The average Bonchev–Trinajstić information content (AvgIpc) is 2.80. The molecule has 3 N–H and O–H groups in total. The molecule has 2 aliphatic heterocycles. The van der Waals surface area contributed by atoms with Crippen molar-refractivity contribution < 1.29 is 9.59 Å². The van der Waals surface area contributed by atoms with Gasteiger partial charge in [-0.3, -0.25) is 15.1 Å². The molecular weight excluding hydrogens is 330 g/mol. The van der Waals surface area contributed by atoms with E-state index in [1.807, 2.05) is 14.0 Å². The van der Waals surface area contributed by atoms with Crippen molar-refractivity contribution in [1.82, 2.24) is 20.9 Å². The van der Waals surface area contributed by atoms with Crippen LogP contribution in [-0.2, 0) is 4.79 Å². The Balaban J connectivity index is 1.89. The minimum absolute atomic E-state index is 0.140. The van der Waals surface area contributed by atoms with Gasteiger partial charge in [-0.25, -0.2) is 4.79 Å². The van der Waals surface area contributed by atoms with E-state index in [1.165, 1.54) is 0 Å². The van der Waals surface area contributed by atoms with Gasteiger partial charge in [0.25, 0.3) is 5.91 Å². The number of urea groups is 1. The van der Waals surface area contributed by atoms with E-state index >= 15 is 0 Å². The Labute approximate surface area is 157 Å². The van der Waals surface area contributed by atoms with Crippen LogP contribution in [0.1, 0.15) is 53.9 Å². The summed E-state index contributed by atoms with van der Waals surface area (Å²) in [5, 5.41) is 8.69. The maximum Gasteiger partial charge on any atom is 0.322 e. The Morgan fingerprint density at radius 3 is 2.42 bits per heavy atom. The molecule has 0 aromatic heterocycles. The summed E-state index contributed by atoms with van der Waals surface area (Å²) in [7, 11) is 1.82. The van der Waals surface area contributed by atoms with Gasteiger partial charge in [-0.2, -0.15) is 0 Å². The summed E-state index contributed by atoms with van der Waals surface area (Å²) in [6.45, 7) is 13.4. The molecule has 2 fully saturated rings. The van der Waals surface area contributed by atoms with Crippen LogP contribution in [-0.4, -0.2) is 55.0 Å². The van der Waals surface area contributed by atoms with Gasteiger partial charge in [-0.1, -0.05) is 27.7 Å². The molecule has 2 heterocycles. The lowest BCUT2D eigenvalue weighted by Gasteiger charge is -2.40. The van der Waals surface area contributed by atoms with E-state index < -0.39 is 5.54 Å². The molecule has 148 valence electrons. The second-order valence-electron chi connectivity index (χ2n) is 9.03. The van der Waals surface area contributed by atoms with Gasteiger partial charge in [0.1, 0.15) is 5.54 Å². The molecule has 2 aliphatic rings. The lowest BCUT2D eigenvalue weighted by Crippen LogP contribution is -2.55. The molecule has 7 nitrogen and oxygen atoms in total. The topological polar surface area (TPSA) is 85.8 Å². The van der Waals surface area contributed by atoms with E-state index in [0.29, 0.717) is 5.92 Å². The zero-order valence-corrected chi connectivity index (χ0v) is 17.1. The summed E-state index contributed by atoms with van der Waals surface area (Å²) < 4.78 is 0. The normalized spacial score (nSPS) is 25.5. The van der Waals surface area contributed by atoms with Gasteiger partial charge in [0.05, 0.1) is 0 Å². The first kappa shape index (κ1) is 20.5. The van der Waals surface area contributed by atoms with Crippen molar-refractivity contribution in [2.75, 3.05) is 26.7 Å². The number of imide groups is 1. The number of nitrogens with one attached hydrogen (secondary N) is 3. The van der Waals surface area contributed by atoms with Crippen molar-refractivity contribution in [1.29, 1.82) is 0 Å². The maximum absolute atomic E-state index is 12.1. The largest absolute Gasteiger partial charge is 0.356 e. The fourth-order valence-corrected chi connectivity index (χ4v) is 4.34. The van der Waals surface area contributed by atoms with Gasteiger partial charge < -0.3 is 15.5 Å². The number of nitrogens with zero attached hydrogens (tertiary/aromatic N) is 2. The number of likely N-dealkylation sites (tertiary alicyclic amines) is 1. The van der Waals surface area contributed by atoms with Crippen LogP contribution in [0.2, 0.25) is 0 Å². The molecular formula is C19H35N5O2. The summed E-state index contributed by atoms with van der Waals surface area (Å²) in [5.74, 6) is 1.52. The van der Waals surface area contributed by atoms with Crippen molar-refractivity contribution in [2.45, 2.75) is 59.4 Å². The lowest BCUT2D eigenvalue weighted by molar-refractivity contribution is -0.125. The standard InChI is InChI=1S/C19H35N5O2/c1-13(2)11-18(3,4)12-21-16(20-6)24-9-7-14(8-10-24)19(5)15(25)22-17(26)23-19/h13-14H,7-12H2,1-6H3,(H,20,21)(H2,22,23,25,26). The molecule has 0 radical (unpaired) electrons. The van der Waals surface area contributed by atoms with Crippen LogP contribution in [0.5, 0.6) is 0 Å². The Morgan fingerprint density at radius 1 is 1.35 bits per heavy atom. The van der Waals surface area contributed by atoms with E-state index in [2.05, 4.69) is 53.5 Å². The van der Waals surface area contributed by atoms with Gasteiger partial charge >= 0.3 is 6.03 Å². The molecule has 0 bridgehead atoms. The zero-order valence-electron chi connectivity index (χ0n) is 17.1. The quantitative estimate of drug-likeness (QED) is 0.395. The number of rotatable bonds is 5. The molecule has 1 unspecified atom stereocenters. The first-order valence-corrected chi connectivity index (χ1v) is 9.66. The highest BCUT2D eigenvalue weighted by Gasteiger charge is 2.48. The second kappa shape index (κ2) is 7.84. The molecule has 3 amide bonds. The van der Waals surface area contributed by atoms with Crippen LogP contribution in [0.25, 0.3) is 0 Å². The van der Waals surface area contributed by atoms with Gasteiger partial charge in [-0.15, -0.1) is 0 Å². The van der Waals surface area contributed by atoms with Crippen LogP contribution in [0, 0.1) is 17.3 Å². The SMILES string of the molecule is CN=C(NCC(C)(C)CC(C)C)N1CCC(C2(C)NC(=O)NC2=O)CC1. The number of carbonyl (C=O) groups is 2. The molecule has 0 spiro atoms. The second-order valence-corrected chi connectivity index (χ2v) is 9.03. The van der Waals surface area contributed by atoms with Crippen molar-refractivity contribution in [3.63, 3.8) is 0 Å². The average molecular weight is 366 g/mol. The van der Waals surface area contributed by atoms with Crippen molar-refractivity contribution in [3.8, 4) is 0 Å². The Hall–Kier alpha value is -1.79. The molecule has 1 atom stereocenters. The first-order valence-electron chi connectivity index (χ1n) is 9.66. The molecule has 0 aromatic carbocycles. The van der Waals surface area contributed by atoms with Crippen LogP contribution in [0.15, 0.2) is 4.99 Å². The number of hydrogen-bond acceptors (Lipinski definition) is 3. The summed E-state index contributed by atoms with van der Waals surface area (Å²) >= 11 is 0. The first-order chi connectivity index (χ1) is 12.1. The van der Waals surface area contributed by atoms with E-state index in [1.54, 1.807) is 0 Å². The lowest BCUT2D eigenvalue weighted by atomic mass is 9.79. The zero-order chi connectivity index (χ0) is 19.5. The summed E-state index contributed by atoms with van der Waals surface area (Å²) in [4.78, 5) is 30.3. The van der Waals surface area contributed by atoms with E-state index in [0.717, 1.165) is 44.9 Å². The van der Waals surface area contributed by atoms with Crippen LogP contribution in [0.3, 0.4) is 0 Å². The van der Waals surface area contributed by atoms with Crippen LogP contribution in [0.4, 0.5) is 4.79 Å². The summed E-state index contributed by atoms with van der Waals surface area (Å²) in [6.07, 6.45) is 2.85. The molecule has 0 aliphatic carbocycles. The van der Waals surface area contributed by atoms with Crippen molar-refractivity contribution in [2.24, 2.45) is 22.2 Å². The van der Waals surface area contributed by atoms with E-state index in [9.17, 15) is 9.59 Å². The molecule has 0 aromatic rings. The molecule has 0 saturated carbocycles. The number of piperidine rings is 1. The number of guanidine groups is 1. The van der Waals surface area contributed by atoms with Gasteiger partial charge in [0.2, 0.25) is 0 Å². The fourth-order valence-electron chi connectivity index (χ4n) is 4.34. The van der Waals surface area contributed by atoms with Crippen LogP contribution >= 0.6 is 0 Å². The maximum atomic E-state index is 12.1. The van der Waals surface area contributed by atoms with E-state index in [4.69, 9.17) is 0 Å². The van der Waals surface area contributed by atoms with Crippen molar-refractivity contribution in [3.05, 3.63) is 0 Å². The van der Waals surface area contributed by atoms with Crippen LogP contribution < -0.4 is 16.0 Å². The highest BCUT2D eigenvalue weighted by Crippen LogP contribution is 2.31. The highest BCUT2D eigenvalue weighted by atomic mass is 16.2. The molecule has 26 heavy (non-hydrogen) atoms. The van der Waals surface area contributed by atoms with Gasteiger partial charge in [0.15, 0.2) is 5.96 Å². The Kier molecular flexibility index (Phi) is 6.19. The third-order valence-corrected chi connectivity index (χ3v) is 5.58. The number of carbonyl (C=O) groups excluding carboxylic acids is 2. The smallest absolute Gasteiger partial charge is 0.322 e. The minimum Gasteiger partial charge on any atom is -0.356 e. The molecule has 2 rings (SSSR count). The third kappa shape index (κ3) is 4.68. The highest BCUT2D eigenvalue weighted by molar-refractivity contribution is 6.07. The number of amides is 3. The van der Waals surface area contributed by atoms with Crippen molar-refractivity contribution >= 4 is 17.9 Å². The third-order valence-electron chi connectivity index (χ3n) is 5.58. The fraction of sp³-hybridized carbons (Fsp3) is 0.842. The molecule has 2 saturated heterocycles. The van der Waals surface area contributed by atoms with Gasteiger partial charge in [-0.05, 0) is 43.4 Å². The summed E-state index contributed by atoms with van der Waals surface area (Å²) in [6, 6.07) is -0.384. The summed E-state index contributed by atoms with van der Waals surface area (Å²) in [5.41, 5.74) is -0.582. The van der Waals surface area contributed by atoms with Gasteiger partial charge in [0, 0.05) is 26.7 Å². The number of hydrogen-bond donors (Lipinski definition) is 3. The Morgan fingerprint density at radius 2 is 1.96 bits per heavy atom. The number of aliphatic imine (C=N–C) groups is 1. The van der Waals surface area contributed by atoms with E-state index in [-0.39, 0.29) is 23.3 Å². The predicted molar refractivity (Wildman–Crippen MR) is 104 cm³/mol. The molecule has 7 heteroatoms. The Bertz CT molecular complexity index is 564. The monoisotopic (exact) mass is 365 g/mol. The predicted octanol–water partition coefficient (Wildman–Crippen LogP) is 1.94. The minimum atomic E-state index is -0.792.